The van der Waals surface area contributed by atoms with Crippen LogP contribution in [-0.2, 0) is 14.3 Å². The van der Waals surface area contributed by atoms with Crippen LogP contribution in [0.25, 0.3) is 0 Å². The number of hydrogen-bond donors (Lipinski definition) is 0. The van der Waals surface area contributed by atoms with Crippen molar-refractivity contribution in [2.45, 2.75) is 52.1 Å². The van der Waals surface area contributed by atoms with Gasteiger partial charge in [-0.3, -0.25) is 9.59 Å². The second kappa shape index (κ2) is 4.47. The van der Waals surface area contributed by atoms with Gasteiger partial charge in [0.15, 0.2) is 11.9 Å². The fourth-order valence-corrected chi connectivity index (χ4v) is 3.64. The molecule has 1 spiro atoms. The quantitative estimate of drug-likeness (QED) is 0.582. The molecule has 4 nitrogen and oxygen atoms in total. The summed E-state index contributed by atoms with van der Waals surface area (Å²) < 4.78 is 11.0. The average Bonchev–Trinajstić information content (AvgIpc) is 2.96. The lowest BCUT2D eigenvalue weighted by atomic mass is 9.61. The summed E-state index contributed by atoms with van der Waals surface area (Å²) >= 11 is 0. The molecule has 1 unspecified atom stereocenters. The van der Waals surface area contributed by atoms with Crippen LogP contribution in [0, 0.1) is 10.8 Å². The van der Waals surface area contributed by atoms with Gasteiger partial charge in [-0.2, -0.15) is 0 Å². The maximum absolute atomic E-state index is 13.0. The molecule has 2 heterocycles. The van der Waals surface area contributed by atoms with E-state index in [1.807, 2.05) is 13.8 Å². The van der Waals surface area contributed by atoms with E-state index in [1.165, 1.54) is 6.26 Å². The summed E-state index contributed by atoms with van der Waals surface area (Å²) in [4.78, 5) is 25.5. The predicted molar refractivity (Wildman–Crippen MR) is 71.8 cm³/mol. The number of carbonyl (C=O) groups excluding carboxylic acids is 2. The molecule has 0 amide bonds. The molecule has 1 aromatic heterocycles. The minimum absolute atomic E-state index is 0.0161. The van der Waals surface area contributed by atoms with Crippen LogP contribution in [0.15, 0.2) is 22.8 Å². The molecule has 3 rings (SSSR count). The first kappa shape index (κ1) is 13.4. The van der Waals surface area contributed by atoms with Crippen molar-refractivity contribution >= 4 is 11.8 Å². The fraction of sp³-hybridized carbons (Fsp3) is 0.625. The van der Waals surface area contributed by atoms with E-state index in [-0.39, 0.29) is 11.8 Å². The predicted octanol–water partition coefficient (Wildman–Crippen LogP) is 3.42. The van der Waals surface area contributed by atoms with Crippen LogP contribution in [0.2, 0.25) is 0 Å². The van der Waals surface area contributed by atoms with Crippen molar-refractivity contribution in [1.29, 1.82) is 0 Å². The second-order valence-corrected chi connectivity index (χ2v) is 6.49. The molecular weight excluding hydrogens is 256 g/mol. The molecular formula is C16H20O4. The lowest BCUT2D eigenvalue weighted by Gasteiger charge is -2.46. The molecule has 2 fully saturated rings. The smallest absolute Gasteiger partial charge is 0.320 e. The van der Waals surface area contributed by atoms with Crippen LogP contribution >= 0.6 is 0 Å². The Balaban J connectivity index is 1.99. The number of rotatable bonds is 1. The average molecular weight is 276 g/mol. The molecule has 0 aromatic carbocycles. The zero-order valence-corrected chi connectivity index (χ0v) is 12.0. The summed E-state index contributed by atoms with van der Waals surface area (Å²) in [7, 11) is 0. The van der Waals surface area contributed by atoms with Crippen LogP contribution in [0.3, 0.4) is 0 Å². The van der Waals surface area contributed by atoms with Crippen molar-refractivity contribution in [2.75, 3.05) is 0 Å². The van der Waals surface area contributed by atoms with Gasteiger partial charge in [-0.1, -0.05) is 19.3 Å². The van der Waals surface area contributed by atoms with Crippen molar-refractivity contribution in [3.63, 3.8) is 0 Å². The topological polar surface area (TPSA) is 56.5 Å². The molecule has 1 aliphatic heterocycles. The third-order valence-corrected chi connectivity index (χ3v) is 4.80. The summed E-state index contributed by atoms with van der Waals surface area (Å²) in [6.45, 7) is 3.70. The van der Waals surface area contributed by atoms with Gasteiger partial charge < -0.3 is 9.15 Å². The summed E-state index contributed by atoms with van der Waals surface area (Å²) in [5, 5.41) is 0. The Bertz CT molecular complexity index is 521. The molecule has 2 aliphatic rings. The van der Waals surface area contributed by atoms with E-state index in [2.05, 4.69) is 0 Å². The molecule has 1 atom stereocenters. The fourth-order valence-electron chi connectivity index (χ4n) is 3.64. The van der Waals surface area contributed by atoms with Gasteiger partial charge in [-0.15, -0.1) is 0 Å². The highest BCUT2D eigenvalue weighted by atomic mass is 16.6. The van der Waals surface area contributed by atoms with Gasteiger partial charge in [0.25, 0.3) is 0 Å². The molecule has 1 aliphatic carbocycles. The van der Waals surface area contributed by atoms with Crippen molar-refractivity contribution < 1.29 is 18.7 Å². The van der Waals surface area contributed by atoms with Crippen LogP contribution in [0.4, 0.5) is 0 Å². The highest BCUT2D eigenvalue weighted by Crippen LogP contribution is 2.52. The van der Waals surface area contributed by atoms with E-state index in [0.717, 1.165) is 19.3 Å². The third kappa shape index (κ3) is 1.74. The Morgan fingerprint density at radius 2 is 1.85 bits per heavy atom. The molecule has 1 aromatic rings. The SMILES string of the molecule is CC1(C)C(=O)C2(CCCCC2)C(=O)OC1c1ccco1. The second-order valence-electron chi connectivity index (χ2n) is 6.49. The number of furan rings is 1. The normalized spacial score (nSPS) is 28.4. The standard InChI is InChI=1S/C16H20O4/c1-15(2)12(11-7-6-10-19-11)20-14(18)16(13(15)17)8-4-3-5-9-16/h6-7,10,12H,3-5,8-9H2,1-2H3. The third-order valence-electron chi connectivity index (χ3n) is 4.80. The monoisotopic (exact) mass is 276 g/mol. The zero-order chi connectivity index (χ0) is 14.4. The van der Waals surface area contributed by atoms with Crippen molar-refractivity contribution in [3.8, 4) is 0 Å². The van der Waals surface area contributed by atoms with E-state index >= 15 is 0 Å². The Hall–Kier alpha value is -1.58. The highest BCUT2D eigenvalue weighted by Gasteiger charge is 2.60. The molecule has 0 radical (unpaired) electrons. The molecule has 4 heteroatoms. The Labute approximate surface area is 118 Å². The van der Waals surface area contributed by atoms with Gasteiger partial charge in [0, 0.05) is 0 Å². The highest BCUT2D eigenvalue weighted by molar-refractivity contribution is 6.08. The summed E-state index contributed by atoms with van der Waals surface area (Å²) in [6, 6.07) is 3.50. The first-order valence-corrected chi connectivity index (χ1v) is 7.28. The number of ketones is 1. The van der Waals surface area contributed by atoms with Crippen molar-refractivity contribution in [1.82, 2.24) is 0 Å². The number of carbonyl (C=O) groups is 2. The lowest BCUT2D eigenvalue weighted by molar-refractivity contribution is -0.193. The number of esters is 1. The Kier molecular flexibility index (Phi) is 3.00. The van der Waals surface area contributed by atoms with Gasteiger partial charge >= 0.3 is 5.97 Å². The van der Waals surface area contributed by atoms with Gasteiger partial charge in [-0.25, -0.2) is 0 Å². The first-order chi connectivity index (χ1) is 9.48. The minimum Gasteiger partial charge on any atom is -0.465 e. The van der Waals surface area contributed by atoms with Crippen LogP contribution in [-0.4, -0.2) is 11.8 Å². The number of hydrogen-bond acceptors (Lipinski definition) is 4. The number of ether oxygens (including phenoxy) is 1. The Morgan fingerprint density at radius 1 is 1.15 bits per heavy atom. The maximum Gasteiger partial charge on any atom is 0.320 e. The van der Waals surface area contributed by atoms with Crippen molar-refractivity contribution in [2.24, 2.45) is 10.8 Å². The van der Waals surface area contributed by atoms with E-state index in [0.29, 0.717) is 18.6 Å². The Morgan fingerprint density at radius 3 is 2.45 bits per heavy atom. The molecule has 1 saturated heterocycles. The lowest BCUT2D eigenvalue weighted by Crippen LogP contribution is -2.55. The van der Waals surface area contributed by atoms with Gasteiger partial charge in [0.2, 0.25) is 0 Å². The van der Waals surface area contributed by atoms with Gasteiger partial charge in [0.05, 0.1) is 11.7 Å². The minimum atomic E-state index is -0.912. The maximum atomic E-state index is 13.0. The molecule has 20 heavy (non-hydrogen) atoms. The summed E-state index contributed by atoms with van der Waals surface area (Å²) in [6.07, 6.45) is 5.09. The molecule has 108 valence electrons. The van der Waals surface area contributed by atoms with Gasteiger partial charge in [0.1, 0.15) is 11.2 Å². The van der Waals surface area contributed by atoms with E-state index < -0.39 is 16.9 Å². The van der Waals surface area contributed by atoms with E-state index in [9.17, 15) is 9.59 Å². The van der Waals surface area contributed by atoms with Crippen LogP contribution in [0.1, 0.15) is 57.8 Å². The number of Topliss-reactive ketones (excluding diaryl/α,β-unsaturated/α-hetero) is 1. The van der Waals surface area contributed by atoms with E-state index in [1.54, 1.807) is 12.1 Å². The van der Waals surface area contributed by atoms with Crippen LogP contribution < -0.4 is 0 Å². The van der Waals surface area contributed by atoms with Gasteiger partial charge in [-0.05, 0) is 38.8 Å². The molecule has 1 saturated carbocycles. The largest absolute Gasteiger partial charge is 0.465 e. The summed E-state index contributed by atoms with van der Waals surface area (Å²) in [5.41, 5.74) is -1.66. The first-order valence-electron chi connectivity index (χ1n) is 7.28. The summed E-state index contributed by atoms with van der Waals surface area (Å²) in [5.74, 6) is 0.202. The van der Waals surface area contributed by atoms with E-state index in [4.69, 9.17) is 9.15 Å². The van der Waals surface area contributed by atoms with Crippen molar-refractivity contribution in [3.05, 3.63) is 24.2 Å². The van der Waals surface area contributed by atoms with Crippen LogP contribution in [0.5, 0.6) is 0 Å². The zero-order valence-electron chi connectivity index (χ0n) is 12.0. The number of cyclic esters (lactones) is 1. The molecule has 0 N–H and O–H groups in total. The molecule has 0 bridgehead atoms.